The number of carbonyl (C=O) groups is 1. The van der Waals surface area contributed by atoms with Crippen LogP contribution in [0.5, 0.6) is 11.5 Å². The Balaban J connectivity index is 1.46. The van der Waals surface area contributed by atoms with E-state index in [1.54, 1.807) is 55.5 Å². The zero-order valence-electron chi connectivity index (χ0n) is 16.8. The van der Waals surface area contributed by atoms with Crippen LogP contribution in [-0.2, 0) is 0 Å². The SMILES string of the molecule is COc1ccc(OC)c(-c2cc(C(=O)N3CCN(c4ccc(F)cc4)CC3)no2)c1. The Labute approximate surface area is 173 Å². The van der Waals surface area contributed by atoms with E-state index in [0.717, 1.165) is 5.69 Å². The minimum Gasteiger partial charge on any atom is -0.497 e. The van der Waals surface area contributed by atoms with E-state index in [-0.39, 0.29) is 17.4 Å². The molecule has 1 fully saturated rings. The minimum absolute atomic E-state index is 0.189. The molecule has 156 valence electrons. The molecular formula is C22H22FN3O4. The van der Waals surface area contributed by atoms with Gasteiger partial charge in [0.05, 0.1) is 19.8 Å². The number of nitrogens with zero attached hydrogens (tertiary/aromatic N) is 3. The summed E-state index contributed by atoms with van der Waals surface area (Å²) < 4.78 is 29.2. The lowest BCUT2D eigenvalue weighted by Gasteiger charge is -2.35. The molecule has 1 aromatic heterocycles. The molecule has 3 aromatic rings. The van der Waals surface area contributed by atoms with Gasteiger partial charge in [-0.1, -0.05) is 5.16 Å². The Bertz CT molecular complexity index is 1030. The smallest absolute Gasteiger partial charge is 0.276 e. The van der Waals surface area contributed by atoms with Crippen LogP contribution in [0.15, 0.2) is 53.1 Å². The zero-order valence-corrected chi connectivity index (χ0v) is 16.8. The highest BCUT2D eigenvalue weighted by Gasteiger charge is 2.25. The summed E-state index contributed by atoms with van der Waals surface area (Å²) in [5, 5.41) is 3.97. The molecule has 2 heterocycles. The lowest BCUT2D eigenvalue weighted by atomic mass is 10.1. The molecule has 0 bridgehead atoms. The van der Waals surface area contributed by atoms with Crippen LogP contribution in [0.1, 0.15) is 10.5 Å². The molecule has 0 unspecified atom stereocenters. The number of benzene rings is 2. The van der Waals surface area contributed by atoms with Crippen LogP contribution in [0, 0.1) is 5.82 Å². The van der Waals surface area contributed by atoms with Crippen molar-refractivity contribution in [2.24, 2.45) is 0 Å². The van der Waals surface area contributed by atoms with Crippen LogP contribution < -0.4 is 14.4 Å². The van der Waals surface area contributed by atoms with Crippen molar-refractivity contribution in [3.8, 4) is 22.8 Å². The van der Waals surface area contributed by atoms with Crippen molar-refractivity contribution in [1.82, 2.24) is 10.1 Å². The van der Waals surface area contributed by atoms with Gasteiger partial charge in [-0.25, -0.2) is 4.39 Å². The predicted molar refractivity (Wildman–Crippen MR) is 110 cm³/mol. The van der Waals surface area contributed by atoms with E-state index in [1.807, 2.05) is 0 Å². The van der Waals surface area contributed by atoms with Gasteiger partial charge >= 0.3 is 0 Å². The number of hydrogen-bond acceptors (Lipinski definition) is 6. The molecule has 0 radical (unpaired) electrons. The maximum absolute atomic E-state index is 13.1. The normalized spacial score (nSPS) is 14.0. The van der Waals surface area contributed by atoms with Crippen molar-refractivity contribution in [1.29, 1.82) is 0 Å². The molecule has 0 aliphatic carbocycles. The summed E-state index contributed by atoms with van der Waals surface area (Å²) >= 11 is 0. The Morgan fingerprint density at radius 1 is 1.00 bits per heavy atom. The number of amides is 1. The number of piperazine rings is 1. The van der Waals surface area contributed by atoms with Crippen LogP contribution in [0.3, 0.4) is 0 Å². The second-order valence-corrected chi connectivity index (χ2v) is 6.90. The molecule has 30 heavy (non-hydrogen) atoms. The first kappa shape index (κ1) is 19.8. The van der Waals surface area contributed by atoms with Crippen molar-refractivity contribution in [3.63, 3.8) is 0 Å². The topological polar surface area (TPSA) is 68.0 Å². The number of aromatic nitrogens is 1. The van der Waals surface area contributed by atoms with Gasteiger partial charge in [-0.2, -0.15) is 0 Å². The molecule has 0 N–H and O–H groups in total. The van der Waals surface area contributed by atoms with Crippen molar-refractivity contribution >= 4 is 11.6 Å². The summed E-state index contributed by atoms with van der Waals surface area (Å²) in [7, 11) is 3.14. The maximum Gasteiger partial charge on any atom is 0.276 e. The summed E-state index contributed by atoms with van der Waals surface area (Å²) in [5.41, 5.74) is 1.84. The third-order valence-electron chi connectivity index (χ3n) is 5.16. The van der Waals surface area contributed by atoms with E-state index in [1.165, 1.54) is 12.1 Å². The second kappa shape index (κ2) is 8.44. The standard InChI is InChI=1S/C22H22FN3O4/c1-28-17-7-8-20(29-2)18(13-17)21-14-19(24-30-21)22(27)26-11-9-25(10-12-26)16-5-3-15(23)4-6-16/h3-8,13-14H,9-12H2,1-2H3. The Hall–Kier alpha value is -3.55. The number of anilines is 1. The molecule has 1 saturated heterocycles. The first-order valence-corrected chi connectivity index (χ1v) is 9.58. The molecule has 4 rings (SSSR count). The average Bonchev–Trinajstić information content (AvgIpc) is 3.29. The van der Waals surface area contributed by atoms with Crippen LogP contribution in [-0.4, -0.2) is 56.4 Å². The van der Waals surface area contributed by atoms with Gasteiger partial charge in [-0.15, -0.1) is 0 Å². The quantitative estimate of drug-likeness (QED) is 0.641. The first-order valence-electron chi connectivity index (χ1n) is 9.58. The zero-order chi connectivity index (χ0) is 21.1. The maximum atomic E-state index is 13.1. The van der Waals surface area contributed by atoms with Crippen molar-refractivity contribution in [2.45, 2.75) is 0 Å². The molecule has 0 spiro atoms. The highest BCUT2D eigenvalue weighted by molar-refractivity contribution is 5.93. The third kappa shape index (κ3) is 3.94. The molecular weight excluding hydrogens is 389 g/mol. The summed E-state index contributed by atoms with van der Waals surface area (Å²) in [4.78, 5) is 16.8. The average molecular weight is 411 g/mol. The van der Waals surface area contributed by atoms with Crippen LogP contribution in [0.4, 0.5) is 10.1 Å². The van der Waals surface area contributed by atoms with E-state index in [0.29, 0.717) is 49.0 Å². The van der Waals surface area contributed by atoms with Gasteiger partial charge in [0.25, 0.3) is 5.91 Å². The lowest BCUT2D eigenvalue weighted by molar-refractivity contribution is 0.0736. The molecule has 0 atom stereocenters. The summed E-state index contributed by atoms with van der Waals surface area (Å²) in [6, 6.07) is 13.3. The highest BCUT2D eigenvalue weighted by atomic mass is 19.1. The predicted octanol–water partition coefficient (Wildman–Crippen LogP) is 3.46. The lowest BCUT2D eigenvalue weighted by Crippen LogP contribution is -2.48. The Kier molecular flexibility index (Phi) is 5.56. The fraction of sp³-hybridized carbons (Fsp3) is 0.273. The number of rotatable bonds is 5. The molecule has 8 heteroatoms. The van der Waals surface area contributed by atoms with Gasteiger partial charge in [0.15, 0.2) is 11.5 Å². The van der Waals surface area contributed by atoms with Crippen LogP contribution in [0.25, 0.3) is 11.3 Å². The van der Waals surface area contributed by atoms with E-state index in [9.17, 15) is 9.18 Å². The monoisotopic (exact) mass is 411 g/mol. The largest absolute Gasteiger partial charge is 0.497 e. The fourth-order valence-electron chi connectivity index (χ4n) is 3.49. The van der Waals surface area contributed by atoms with Gasteiger partial charge < -0.3 is 23.8 Å². The molecule has 2 aromatic carbocycles. The first-order chi connectivity index (χ1) is 14.6. The van der Waals surface area contributed by atoms with Crippen LogP contribution >= 0.6 is 0 Å². The number of carbonyl (C=O) groups excluding carboxylic acids is 1. The van der Waals surface area contributed by atoms with Gasteiger partial charge in [0.1, 0.15) is 17.3 Å². The minimum atomic E-state index is -0.262. The van der Waals surface area contributed by atoms with E-state index >= 15 is 0 Å². The summed E-state index contributed by atoms with van der Waals surface area (Å²) in [6.07, 6.45) is 0. The highest BCUT2D eigenvalue weighted by Crippen LogP contribution is 2.34. The van der Waals surface area contributed by atoms with E-state index in [4.69, 9.17) is 14.0 Å². The molecule has 1 aliphatic rings. The van der Waals surface area contributed by atoms with Crippen molar-refractivity contribution < 1.29 is 23.2 Å². The van der Waals surface area contributed by atoms with Gasteiger partial charge in [-0.3, -0.25) is 4.79 Å². The van der Waals surface area contributed by atoms with E-state index < -0.39 is 0 Å². The fourth-order valence-corrected chi connectivity index (χ4v) is 3.49. The molecule has 1 aliphatic heterocycles. The Morgan fingerprint density at radius 3 is 2.40 bits per heavy atom. The Morgan fingerprint density at radius 2 is 1.73 bits per heavy atom. The third-order valence-corrected chi connectivity index (χ3v) is 5.16. The summed E-state index contributed by atoms with van der Waals surface area (Å²) in [5.74, 6) is 1.22. The number of methoxy groups -OCH3 is 2. The van der Waals surface area contributed by atoms with Crippen molar-refractivity contribution in [2.75, 3.05) is 45.3 Å². The molecule has 1 amide bonds. The number of ether oxygens (including phenoxy) is 2. The number of hydrogen-bond donors (Lipinski definition) is 0. The van der Waals surface area contributed by atoms with Gasteiger partial charge in [0.2, 0.25) is 0 Å². The van der Waals surface area contributed by atoms with Crippen molar-refractivity contribution in [3.05, 3.63) is 60.0 Å². The van der Waals surface area contributed by atoms with Crippen LogP contribution in [0.2, 0.25) is 0 Å². The summed E-state index contributed by atoms with van der Waals surface area (Å²) in [6.45, 7) is 2.40. The van der Waals surface area contributed by atoms with E-state index in [2.05, 4.69) is 10.1 Å². The second-order valence-electron chi connectivity index (χ2n) is 6.90. The van der Waals surface area contributed by atoms with Gasteiger partial charge in [0, 0.05) is 37.9 Å². The number of halogens is 1. The van der Waals surface area contributed by atoms with Gasteiger partial charge in [-0.05, 0) is 42.5 Å². The molecule has 7 nitrogen and oxygen atoms in total. The molecule has 0 saturated carbocycles.